The smallest absolute Gasteiger partial charge is 0.324 e. The number of nitrogens with two attached hydrogens (primary N) is 1. The highest BCUT2D eigenvalue weighted by molar-refractivity contribution is 5.32. The Morgan fingerprint density at radius 3 is 2.20 bits per heavy atom. The molecule has 0 saturated heterocycles. The van der Waals surface area contributed by atoms with Crippen molar-refractivity contribution in [1.29, 1.82) is 0 Å². The van der Waals surface area contributed by atoms with E-state index in [4.69, 9.17) is 5.73 Å². The van der Waals surface area contributed by atoms with Gasteiger partial charge in [0.05, 0.1) is 5.56 Å². The van der Waals surface area contributed by atoms with Crippen LogP contribution in [0.3, 0.4) is 0 Å². The number of hydrogen-bond acceptors (Lipinski definition) is 1. The lowest BCUT2D eigenvalue weighted by atomic mass is 9.79. The van der Waals surface area contributed by atoms with E-state index >= 15 is 0 Å². The van der Waals surface area contributed by atoms with E-state index < -0.39 is 23.7 Å². The lowest BCUT2D eigenvalue weighted by Crippen LogP contribution is -2.32. The molecule has 1 fully saturated rings. The molecule has 1 atom stereocenters. The van der Waals surface area contributed by atoms with Gasteiger partial charge in [-0.1, -0.05) is 18.2 Å². The first-order chi connectivity index (χ1) is 9.21. The third-order valence-corrected chi connectivity index (χ3v) is 3.89. The van der Waals surface area contributed by atoms with Gasteiger partial charge in [0.25, 0.3) is 0 Å². The van der Waals surface area contributed by atoms with E-state index in [1.54, 1.807) is 0 Å². The highest BCUT2D eigenvalue weighted by Crippen LogP contribution is 2.43. The third kappa shape index (κ3) is 3.29. The number of benzene rings is 1. The Balaban J connectivity index is 2.20. The van der Waals surface area contributed by atoms with Gasteiger partial charge in [-0.15, -0.1) is 0 Å². The molecule has 2 rings (SSSR count). The van der Waals surface area contributed by atoms with E-state index in [9.17, 15) is 22.0 Å². The average molecular weight is 293 g/mol. The largest absolute Gasteiger partial charge is 0.416 e. The first kappa shape index (κ1) is 15.2. The monoisotopic (exact) mass is 293 g/mol. The zero-order valence-electron chi connectivity index (χ0n) is 10.8. The highest BCUT2D eigenvalue weighted by Gasteiger charge is 2.40. The fourth-order valence-electron chi connectivity index (χ4n) is 2.72. The van der Waals surface area contributed by atoms with Crippen LogP contribution in [0, 0.1) is 5.92 Å². The van der Waals surface area contributed by atoms with E-state index in [0.29, 0.717) is 0 Å². The van der Waals surface area contributed by atoms with Crippen molar-refractivity contribution in [2.45, 2.75) is 43.8 Å². The molecule has 0 aliphatic heterocycles. The van der Waals surface area contributed by atoms with E-state index in [0.717, 1.165) is 6.07 Å². The molecule has 2 N–H and O–H groups in total. The molecule has 1 unspecified atom stereocenters. The molecule has 1 aromatic rings. The van der Waals surface area contributed by atoms with E-state index in [1.807, 2.05) is 0 Å². The van der Waals surface area contributed by atoms with Crippen LogP contribution in [0.5, 0.6) is 0 Å². The van der Waals surface area contributed by atoms with Crippen molar-refractivity contribution in [3.05, 3.63) is 35.4 Å². The summed E-state index contributed by atoms with van der Waals surface area (Å²) in [5.74, 6) is -3.04. The summed E-state index contributed by atoms with van der Waals surface area (Å²) < 4.78 is 65.0. The Labute approximate surface area is 114 Å². The quantitative estimate of drug-likeness (QED) is 0.796. The van der Waals surface area contributed by atoms with Gasteiger partial charge < -0.3 is 5.73 Å². The van der Waals surface area contributed by atoms with Gasteiger partial charge >= 0.3 is 6.18 Å². The number of hydrogen-bond donors (Lipinski definition) is 1. The van der Waals surface area contributed by atoms with Crippen molar-refractivity contribution in [3.8, 4) is 0 Å². The lowest BCUT2D eigenvalue weighted by molar-refractivity contribution is -0.138. The molecule has 112 valence electrons. The van der Waals surface area contributed by atoms with Gasteiger partial charge in [-0.05, 0) is 30.4 Å². The molecular formula is C14H16F5N. The zero-order valence-corrected chi connectivity index (χ0v) is 10.8. The summed E-state index contributed by atoms with van der Waals surface area (Å²) in [5, 5.41) is 0. The SMILES string of the molecule is NC(c1ccccc1C(F)(F)F)C1CCC(F)(F)CC1. The molecule has 0 spiro atoms. The summed E-state index contributed by atoms with van der Waals surface area (Å²) in [6.07, 6.45) is -4.79. The fourth-order valence-corrected chi connectivity index (χ4v) is 2.72. The molecule has 1 aliphatic rings. The molecule has 20 heavy (non-hydrogen) atoms. The van der Waals surface area contributed by atoms with E-state index in [2.05, 4.69) is 0 Å². The molecule has 6 heteroatoms. The molecule has 0 heterocycles. The highest BCUT2D eigenvalue weighted by atomic mass is 19.4. The lowest BCUT2D eigenvalue weighted by Gasteiger charge is -2.33. The summed E-state index contributed by atoms with van der Waals surface area (Å²) in [6.45, 7) is 0. The van der Waals surface area contributed by atoms with Crippen LogP contribution >= 0.6 is 0 Å². The first-order valence-electron chi connectivity index (χ1n) is 6.50. The maximum absolute atomic E-state index is 13.1. The summed E-state index contributed by atoms with van der Waals surface area (Å²) in [5.41, 5.74) is 5.13. The second kappa shape index (κ2) is 5.31. The Kier molecular flexibility index (Phi) is 4.04. The molecule has 1 saturated carbocycles. The molecule has 0 radical (unpaired) electrons. The molecule has 1 aromatic carbocycles. The van der Waals surface area contributed by atoms with Gasteiger partial charge in [-0.2, -0.15) is 13.2 Å². The summed E-state index contributed by atoms with van der Waals surface area (Å²) in [7, 11) is 0. The van der Waals surface area contributed by atoms with Crippen molar-refractivity contribution >= 4 is 0 Å². The summed E-state index contributed by atoms with van der Waals surface area (Å²) in [6, 6.07) is 4.24. The van der Waals surface area contributed by atoms with Crippen LogP contribution in [-0.4, -0.2) is 5.92 Å². The van der Waals surface area contributed by atoms with E-state index in [-0.39, 0.29) is 37.2 Å². The second-order valence-corrected chi connectivity index (χ2v) is 5.30. The van der Waals surface area contributed by atoms with Crippen LogP contribution in [0.4, 0.5) is 22.0 Å². The first-order valence-corrected chi connectivity index (χ1v) is 6.50. The minimum Gasteiger partial charge on any atom is -0.324 e. The number of halogens is 5. The number of rotatable bonds is 2. The van der Waals surface area contributed by atoms with Crippen molar-refractivity contribution < 1.29 is 22.0 Å². The van der Waals surface area contributed by atoms with Crippen LogP contribution in [0.1, 0.15) is 42.9 Å². The predicted octanol–water partition coefficient (Wildman–Crippen LogP) is 4.53. The van der Waals surface area contributed by atoms with Crippen LogP contribution in [0.2, 0.25) is 0 Å². The zero-order chi connectivity index (χ0) is 15.0. The maximum atomic E-state index is 13.1. The van der Waals surface area contributed by atoms with Crippen molar-refractivity contribution in [3.63, 3.8) is 0 Å². The Morgan fingerprint density at radius 1 is 1.10 bits per heavy atom. The van der Waals surface area contributed by atoms with Crippen molar-refractivity contribution in [2.24, 2.45) is 11.7 Å². The van der Waals surface area contributed by atoms with Gasteiger partial charge in [-0.25, -0.2) is 8.78 Å². The molecule has 1 aliphatic carbocycles. The van der Waals surface area contributed by atoms with Crippen LogP contribution in [-0.2, 0) is 6.18 Å². The molecule has 1 nitrogen and oxygen atoms in total. The normalized spacial score (nSPS) is 21.7. The van der Waals surface area contributed by atoms with Crippen LogP contribution in [0.15, 0.2) is 24.3 Å². The topological polar surface area (TPSA) is 26.0 Å². The standard InChI is InChI=1S/C14H16F5N/c15-13(16)7-5-9(6-8-13)12(20)10-3-1-2-4-11(10)14(17,18)19/h1-4,9,12H,5-8,20H2. The summed E-state index contributed by atoms with van der Waals surface area (Å²) in [4.78, 5) is 0. The van der Waals surface area contributed by atoms with E-state index in [1.165, 1.54) is 18.2 Å². The van der Waals surface area contributed by atoms with Crippen LogP contribution < -0.4 is 5.73 Å². The minimum absolute atomic E-state index is 0.00443. The molecular weight excluding hydrogens is 277 g/mol. The van der Waals surface area contributed by atoms with Gasteiger partial charge in [-0.3, -0.25) is 0 Å². The molecule has 0 aromatic heterocycles. The van der Waals surface area contributed by atoms with Gasteiger partial charge in [0.2, 0.25) is 5.92 Å². The molecule has 0 amide bonds. The fraction of sp³-hybridized carbons (Fsp3) is 0.571. The predicted molar refractivity (Wildman–Crippen MR) is 65.3 cm³/mol. The van der Waals surface area contributed by atoms with Crippen molar-refractivity contribution in [1.82, 2.24) is 0 Å². The third-order valence-electron chi connectivity index (χ3n) is 3.89. The average Bonchev–Trinajstić information content (AvgIpc) is 2.37. The maximum Gasteiger partial charge on any atom is 0.416 e. The van der Waals surface area contributed by atoms with Gasteiger partial charge in [0.15, 0.2) is 0 Å². The Bertz CT molecular complexity index is 459. The second-order valence-electron chi connectivity index (χ2n) is 5.30. The summed E-state index contributed by atoms with van der Waals surface area (Å²) >= 11 is 0. The molecule has 0 bridgehead atoms. The van der Waals surface area contributed by atoms with Gasteiger partial charge in [0, 0.05) is 18.9 Å². The van der Waals surface area contributed by atoms with Crippen molar-refractivity contribution in [2.75, 3.05) is 0 Å². The Morgan fingerprint density at radius 2 is 1.65 bits per heavy atom. The van der Waals surface area contributed by atoms with Crippen LogP contribution in [0.25, 0.3) is 0 Å². The number of alkyl halides is 5. The Hall–Kier alpha value is -1.17. The minimum atomic E-state index is -4.48. The van der Waals surface area contributed by atoms with Gasteiger partial charge in [0.1, 0.15) is 0 Å².